The van der Waals surface area contributed by atoms with Crippen molar-refractivity contribution in [1.29, 1.82) is 0 Å². The van der Waals surface area contributed by atoms with Crippen molar-refractivity contribution in [2.75, 3.05) is 55.4 Å². The lowest BCUT2D eigenvalue weighted by Crippen LogP contribution is -2.46. The van der Waals surface area contributed by atoms with E-state index in [1.54, 1.807) is 17.4 Å². The largest absolute Gasteiger partial charge is 0.379 e. The van der Waals surface area contributed by atoms with E-state index in [1.807, 2.05) is 51.2 Å². The summed E-state index contributed by atoms with van der Waals surface area (Å²) in [6, 6.07) is 13.6. The molecule has 11 nitrogen and oxygen atoms in total. The molecule has 12 heteroatoms. The molecule has 1 aliphatic heterocycles. The number of nitrogens with zero attached hydrogens (tertiary/aromatic N) is 6. The first kappa shape index (κ1) is 28.1. The quantitative estimate of drug-likeness (QED) is 0.249. The van der Waals surface area contributed by atoms with Crippen molar-refractivity contribution in [1.82, 2.24) is 24.4 Å². The third kappa shape index (κ3) is 5.96. The molecular weight excluding hydrogens is 552 g/mol. The molecule has 2 amide bonds. The van der Waals surface area contributed by atoms with Gasteiger partial charge in [0.05, 0.1) is 24.4 Å². The Labute approximate surface area is 248 Å². The number of nitrogens with one attached hydrogen (secondary N) is 2. The Bertz CT molecular complexity index is 1700. The van der Waals surface area contributed by atoms with Crippen LogP contribution in [0.2, 0.25) is 0 Å². The number of carbonyl (C=O) groups is 1. The van der Waals surface area contributed by atoms with Crippen LogP contribution in [-0.2, 0) is 10.2 Å². The summed E-state index contributed by atoms with van der Waals surface area (Å²) < 4.78 is 13.0. The van der Waals surface area contributed by atoms with Crippen molar-refractivity contribution in [3.63, 3.8) is 0 Å². The summed E-state index contributed by atoms with van der Waals surface area (Å²) in [5.41, 5.74) is 3.32. The molecule has 1 unspecified atom stereocenters. The predicted octanol–water partition coefficient (Wildman–Crippen LogP) is 5.70. The van der Waals surface area contributed by atoms with Crippen LogP contribution in [0.3, 0.4) is 0 Å². The normalized spacial score (nSPS) is 16.3. The van der Waals surface area contributed by atoms with Crippen LogP contribution >= 0.6 is 11.3 Å². The van der Waals surface area contributed by atoms with Crippen molar-refractivity contribution in [2.45, 2.75) is 39.2 Å². The van der Waals surface area contributed by atoms with Crippen molar-refractivity contribution < 1.29 is 14.1 Å². The number of thiazole rings is 1. The minimum absolute atomic E-state index is 0.189. The number of amides is 2. The SMILES string of the molecule is CC1COCCN1CCN(C)c1ccc2c(n1)sc1nc(-c3ccc(NC(=O)Nc4cc(C(C)(C)C)on4)cc3)cn12. The van der Waals surface area contributed by atoms with E-state index in [2.05, 4.69) is 56.1 Å². The number of carbonyl (C=O) groups excluding carboxylic acids is 1. The summed E-state index contributed by atoms with van der Waals surface area (Å²) >= 11 is 1.58. The molecule has 0 aliphatic carbocycles. The number of urea groups is 1. The second kappa shape index (κ2) is 11.3. The van der Waals surface area contributed by atoms with Crippen LogP contribution in [0.25, 0.3) is 26.6 Å². The van der Waals surface area contributed by atoms with Gasteiger partial charge >= 0.3 is 6.03 Å². The molecule has 42 heavy (non-hydrogen) atoms. The van der Waals surface area contributed by atoms with Gasteiger partial charge in [0.25, 0.3) is 0 Å². The van der Waals surface area contributed by atoms with Crippen LogP contribution in [0.1, 0.15) is 33.5 Å². The van der Waals surface area contributed by atoms with Gasteiger partial charge in [-0.05, 0) is 31.2 Å². The van der Waals surface area contributed by atoms with Gasteiger partial charge in [0.15, 0.2) is 10.8 Å². The summed E-state index contributed by atoms with van der Waals surface area (Å²) in [6.45, 7) is 12.7. The van der Waals surface area contributed by atoms with Crippen molar-refractivity contribution in [3.8, 4) is 11.3 Å². The van der Waals surface area contributed by atoms with E-state index >= 15 is 0 Å². The third-order valence-corrected chi connectivity index (χ3v) is 8.46. The Morgan fingerprint density at radius 2 is 1.95 bits per heavy atom. The van der Waals surface area contributed by atoms with E-state index in [-0.39, 0.29) is 5.41 Å². The van der Waals surface area contributed by atoms with Crippen LogP contribution in [0.4, 0.5) is 22.1 Å². The van der Waals surface area contributed by atoms with Crippen LogP contribution < -0.4 is 15.5 Å². The molecule has 4 aromatic heterocycles. The Balaban J connectivity index is 1.10. The third-order valence-electron chi connectivity index (χ3n) is 7.49. The molecule has 1 saturated heterocycles. The molecule has 5 heterocycles. The van der Waals surface area contributed by atoms with Gasteiger partial charge < -0.3 is 19.5 Å². The number of hydrogen-bond acceptors (Lipinski definition) is 9. The highest BCUT2D eigenvalue weighted by molar-refractivity contribution is 7.23. The van der Waals surface area contributed by atoms with Gasteiger partial charge in [-0.25, -0.2) is 14.8 Å². The van der Waals surface area contributed by atoms with Gasteiger partial charge in [0.2, 0.25) is 0 Å². The first-order chi connectivity index (χ1) is 20.1. The van der Waals surface area contributed by atoms with Gasteiger partial charge in [-0.1, -0.05) is 49.4 Å². The summed E-state index contributed by atoms with van der Waals surface area (Å²) in [7, 11) is 2.09. The van der Waals surface area contributed by atoms with Gasteiger partial charge in [-0.15, -0.1) is 0 Å². The van der Waals surface area contributed by atoms with Crippen molar-refractivity contribution in [2.24, 2.45) is 0 Å². The lowest BCUT2D eigenvalue weighted by Gasteiger charge is -2.34. The number of morpholine rings is 1. The van der Waals surface area contributed by atoms with E-state index in [1.165, 1.54) is 0 Å². The van der Waals surface area contributed by atoms with Crippen molar-refractivity contribution >= 4 is 50.0 Å². The summed E-state index contributed by atoms with van der Waals surface area (Å²) in [5.74, 6) is 2.03. The molecule has 1 atom stereocenters. The second-order valence-corrected chi connectivity index (χ2v) is 12.7. The number of pyridine rings is 1. The topological polar surface area (TPSA) is 113 Å². The number of rotatable bonds is 7. The molecule has 1 aliphatic rings. The zero-order valence-electron chi connectivity index (χ0n) is 24.5. The summed E-state index contributed by atoms with van der Waals surface area (Å²) in [6.07, 6.45) is 2.03. The second-order valence-electron chi connectivity index (χ2n) is 11.7. The Morgan fingerprint density at radius 1 is 1.14 bits per heavy atom. The molecule has 0 saturated carbocycles. The molecule has 1 fully saturated rings. The molecule has 6 rings (SSSR count). The molecule has 0 spiro atoms. The maximum absolute atomic E-state index is 12.5. The Kier molecular flexibility index (Phi) is 7.60. The molecule has 220 valence electrons. The summed E-state index contributed by atoms with van der Waals surface area (Å²) in [4.78, 5) is 28.8. The van der Waals surface area contributed by atoms with E-state index in [0.717, 1.165) is 65.2 Å². The first-order valence-electron chi connectivity index (χ1n) is 14.1. The van der Waals surface area contributed by atoms with Gasteiger partial charge in [0.1, 0.15) is 16.4 Å². The monoisotopic (exact) mass is 588 g/mol. The predicted molar refractivity (Wildman–Crippen MR) is 167 cm³/mol. The fourth-order valence-electron chi connectivity index (χ4n) is 4.91. The number of likely N-dealkylation sites (N-methyl/N-ethyl adjacent to an activating group) is 1. The molecular formula is C30H36N8O3S. The van der Waals surface area contributed by atoms with Gasteiger partial charge in [-0.3, -0.25) is 14.6 Å². The maximum atomic E-state index is 12.5. The average molecular weight is 589 g/mol. The first-order valence-corrected chi connectivity index (χ1v) is 14.9. The van der Waals surface area contributed by atoms with Crippen LogP contribution in [0, 0.1) is 0 Å². The number of fused-ring (bicyclic) bond motifs is 3. The number of benzene rings is 1. The fraction of sp³-hybridized carbons (Fsp3) is 0.400. The Hall–Kier alpha value is -4.00. The maximum Gasteiger partial charge on any atom is 0.324 e. The van der Waals surface area contributed by atoms with Crippen LogP contribution in [0.5, 0.6) is 0 Å². The molecule has 0 bridgehead atoms. The lowest BCUT2D eigenvalue weighted by molar-refractivity contribution is 0.00125. The van der Waals surface area contributed by atoms with E-state index in [0.29, 0.717) is 23.3 Å². The highest BCUT2D eigenvalue weighted by atomic mass is 32.1. The Morgan fingerprint density at radius 3 is 2.69 bits per heavy atom. The summed E-state index contributed by atoms with van der Waals surface area (Å²) in [5, 5.41) is 9.47. The molecule has 0 radical (unpaired) electrons. The zero-order valence-corrected chi connectivity index (χ0v) is 25.4. The fourth-order valence-corrected chi connectivity index (χ4v) is 5.88. The lowest BCUT2D eigenvalue weighted by atomic mass is 9.93. The number of anilines is 3. The molecule has 5 aromatic rings. The van der Waals surface area contributed by atoms with Gasteiger partial charge in [-0.2, -0.15) is 0 Å². The number of aromatic nitrogens is 4. The number of hydrogen-bond donors (Lipinski definition) is 2. The van der Waals surface area contributed by atoms with Gasteiger partial charge in [0, 0.05) is 61.7 Å². The highest BCUT2D eigenvalue weighted by Crippen LogP contribution is 2.30. The van der Waals surface area contributed by atoms with Crippen molar-refractivity contribution in [3.05, 3.63) is 54.4 Å². The zero-order chi connectivity index (χ0) is 29.4. The minimum Gasteiger partial charge on any atom is -0.379 e. The van der Waals surface area contributed by atoms with E-state index in [4.69, 9.17) is 19.2 Å². The van der Waals surface area contributed by atoms with E-state index < -0.39 is 6.03 Å². The van der Waals surface area contributed by atoms with Crippen LogP contribution in [-0.4, -0.2) is 76.4 Å². The molecule has 2 N–H and O–H groups in total. The molecule has 1 aromatic carbocycles. The standard InChI is InChI=1S/C30H36N8O3S/c1-19-18-40-15-14-37(19)13-12-36(5)26-11-10-23-27(34-26)42-29-32-22(17-38(23)29)20-6-8-21(9-7-20)31-28(39)33-25-16-24(41-35-25)30(2,3)4/h6-11,16-17,19H,12-15,18H2,1-5H3,(H2,31,33,35,39). The van der Waals surface area contributed by atoms with Crippen LogP contribution in [0.15, 0.2) is 53.2 Å². The minimum atomic E-state index is -0.390. The number of ether oxygens (including phenoxy) is 1. The number of imidazole rings is 1. The average Bonchev–Trinajstić information content (AvgIpc) is 3.67. The highest BCUT2D eigenvalue weighted by Gasteiger charge is 2.21. The van der Waals surface area contributed by atoms with E-state index in [9.17, 15) is 4.79 Å². The smallest absolute Gasteiger partial charge is 0.324 e.